The van der Waals surface area contributed by atoms with Gasteiger partial charge in [0.25, 0.3) is 17.1 Å². The van der Waals surface area contributed by atoms with Gasteiger partial charge >= 0.3 is 0 Å². The van der Waals surface area contributed by atoms with Crippen molar-refractivity contribution >= 4 is 45.9 Å². The average Bonchev–Trinajstić information content (AvgIpc) is 3.25. The fourth-order valence-electron chi connectivity index (χ4n) is 3.33. The highest BCUT2D eigenvalue weighted by Gasteiger charge is 2.35. The second-order valence-electron chi connectivity index (χ2n) is 7.03. The molecule has 1 aromatic heterocycles. The van der Waals surface area contributed by atoms with E-state index in [1.807, 2.05) is 0 Å². The second-order valence-corrected chi connectivity index (χ2v) is 8.02. The number of amides is 3. The lowest BCUT2D eigenvalue weighted by Gasteiger charge is -2.12. The van der Waals surface area contributed by atoms with Gasteiger partial charge in [0.05, 0.1) is 12.0 Å². The Balaban J connectivity index is 1.41. The molecule has 1 aliphatic rings. The lowest BCUT2D eigenvalue weighted by molar-refractivity contribution is -0.122. The fourth-order valence-corrected chi connectivity index (χ4v) is 4.19. The molecular weight excluding hydrogens is 435 g/mol. The third-order valence-electron chi connectivity index (χ3n) is 5.04. The number of ether oxygens (including phenoxy) is 1. The van der Waals surface area contributed by atoms with E-state index in [-0.39, 0.29) is 29.3 Å². The van der Waals surface area contributed by atoms with Crippen LogP contribution in [0.1, 0.15) is 21.7 Å². The molecule has 1 aliphatic heterocycles. The molecule has 0 unspecified atom stereocenters. The van der Waals surface area contributed by atoms with Crippen molar-refractivity contribution in [1.29, 1.82) is 0 Å². The summed E-state index contributed by atoms with van der Waals surface area (Å²) in [4.78, 5) is 38.5. The summed E-state index contributed by atoms with van der Waals surface area (Å²) in [6.07, 6.45) is 1.35. The van der Waals surface area contributed by atoms with Gasteiger partial charge in [-0.1, -0.05) is 18.2 Å². The van der Waals surface area contributed by atoms with Crippen molar-refractivity contribution in [1.82, 2.24) is 10.2 Å². The highest BCUT2D eigenvalue weighted by molar-refractivity contribution is 8.18. The van der Waals surface area contributed by atoms with Crippen molar-refractivity contribution in [2.24, 2.45) is 0 Å². The Bertz CT molecular complexity index is 1270. The second kappa shape index (κ2) is 8.88. The molecule has 32 heavy (non-hydrogen) atoms. The van der Waals surface area contributed by atoms with Crippen LogP contribution in [0.3, 0.4) is 0 Å². The number of hydrogen-bond acceptors (Lipinski definition) is 6. The summed E-state index contributed by atoms with van der Waals surface area (Å²) in [5, 5.41) is 2.96. The number of nitrogens with one attached hydrogen (secondary N) is 1. The number of imide groups is 1. The first-order chi connectivity index (χ1) is 15.4. The van der Waals surface area contributed by atoms with Crippen LogP contribution in [0.25, 0.3) is 17.0 Å². The van der Waals surface area contributed by atoms with Gasteiger partial charge in [-0.25, -0.2) is 4.39 Å². The van der Waals surface area contributed by atoms with E-state index in [0.29, 0.717) is 16.9 Å². The normalized spacial score (nSPS) is 15.1. The van der Waals surface area contributed by atoms with Crippen LogP contribution in [0.2, 0.25) is 0 Å². The molecule has 2 aromatic carbocycles. The van der Waals surface area contributed by atoms with Gasteiger partial charge in [-0.2, -0.15) is 0 Å². The summed E-state index contributed by atoms with van der Waals surface area (Å²) < 4.78 is 24.7. The SMILES string of the molecule is COc1ccc2oc(C(=O)NCCN3C(=O)S/C(=C\c4ccccc4F)C3=O)c(C)c2c1. The maximum absolute atomic E-state index is 13.8. The van der Waals surface area contributed by atoms with E-state index in [4.69, 9.17) is 9.15 Å². The number of carbonyl (C=O) groups is 3. The maximum Gasteiger partial charge on any atom is 0.293 e. The van der Waals surface area contributed by atoms with Crippen LogP contribution in [-0.4, -0.2) is 42.2 Å². The molecule has 0 aliphatic carbocycles. The number of halogens is 1. The standard InChI is InChI=1S/C23H19FN2O5S/c1-13-16-12-15(30-2)7-8-18(16)31-20(13)21(27)25-9-10-26-22(28)19(32-23(26)29)11-14-5-3-4-6-17(14)24/h3-8,11-12H,9-10H2,1-2H3,(H,25,27)/b19-11-. The number of carbonyl (C=O) groups excluding carboxylic acids is 3. The summed E-state index contributed by atoms with van der Waals surface area (Å²) in [5.74, 6) is -0.653. The van der Waals surface area contributed by atoms with Crippen molar-refractivity contribution in [3.63, 3.8) is 0 Å². The Morgan fingerprint density at radius 2 is 2.03 bits per heavy atom. The van der Waals surface area contributed by atoms with E-state index in [1.165, 1.54) is 18.2 Å². The summed E-state index contributed by atoms with van der Waals surface area (Å²) in [5.41, 5.74) is 1.44. The Labute approximate surface area is 187 Å². The molecule has 1 saturated heterocycles. The lowest BCUT2D eigenvalue weighted by atomic mass is 10.1. The molecule has 0 saturated carbocycles. The molecule has 7 nitrogen and oxygen atoms in total. The van der Waals surface area contributed by atoms with Gasteiger partial charge in [-0.3, -0.25) is 19.3 Å². The van der Waals surface area contributed by atoms with Gasteiger partial charge in [0, 0.05) is 29.6 Å². The molecule has 4 rings (SSSR count). The third kappa shape index (κ3) is 4.11. The Morgan fingerprint density at radius 3 is 2.78 bits per heavy atom. The molecule has 3 amide bonds. The topological polar surface area (TPSA) is 88.8 Å². The fraction of sp³-hybridized carbons (Fsp3) is 0.174. The minimum absolute atomic E-state index is 0.0158. The minimum atomic E-state index is -0.524. The first-order valence-corrected chi connectivity index (χ1v) is 10.6. The monoisotopic (exact) mass is 454 g/mol. The number of furan rings is 1. The number of fused-ring (bicyclic) bond motifs is 1. The highest BCUT2D eigenvalue weighted by Crippen LogP contribution is 2.32. The first kappa shape index (κ1) is 21.6. The highest BCUT2D eigenvalue weighted by atomic mass is 32.2. The molecule has 3 aromatic rings. The predicted octanol–water partition coefficient (Wildman–Crippen LogP) is 4.36. The molecule has 1 fully saturated rings. The van der Waals surface area contributed by atoms with E-state index >= 15 is 0 Å². The van der Waals surface area contributed by atoms with Crippen molar-refractivity contribution in [2.45, 2.75) is 6.92 Å². The van der Waals surface area contributed by atoms with Crippen LogP contribution >= 0.6 is 11.8 Å². The number of methoxy groups -OCH3 is 1. The molecule has 0 spiro atoms. The Morgan fingerprint density at radius 1 is 1.25 bits per heavy atom. The number of rotatable bonds is 6. The Kier molecular flexibility index (Phi) is 6.00. The number of hydrogen-bond donors (Lipinski definition) is 1. The van der Waals surface area contributed by atoms with Crippen LogP contribution in [0.4, 0.5) is 9.18 Å². The van der Waals surface area contributed by atoms with Gasteiger partial charge < -0.3 is 14.5 Å². The lowest BCUT2D eigenvalue weighted by Crippen LogP contribution is -2.37. The van der Waals surface area contributed by atoms with Crippen molar-refractivity contribution in [3.8, 4) is 5.75 Å². The van der Waals surface area contributed by atoms with E-state index in [2.05, 4.69) is 5.32 Å². The van der Waals surface area contributed by atoms with Crippen molar-refractivity contribution in [2.75, 3.05) is 20.2 Å². The largest absolute Gasteiger partial charge is 0.497 e. The number of nitrogens with zero attached hydrogens (tertiary/aromatic N) is 1. The van der Waals surface area contributed by atoms with Crippen LogP contribution < -0.4 is 10.1 Å². The zero-order valence-electron chi connectivity index (χ0n) is 17.3. The zero-order chi connectivity index (χ0) is 22.8. The molecule has 0 radical (unpaired) electrons. The number of thioether (sulfide) groups is 1. The van der Waals surface area contributed by atoms with Crippen LogP contribution in [0.5, 0.6) is 5.75 Å². The summed E-state index contributed by atoms with van der Waals surface area (Å²) in [6.45, 7) is 1.80. The van der Waals surface area contributed by atoms with Crippen molar-refractivity contribution in [3.05, 3.63) is 70.1 Å². The average molecular weight is 454 g/mol. The summed E-state index contributed by atoms with van der Waals surface area (Å²) in [7, 11) is 1.56. The molecular formula is C23H19FN2O5S. The van der Waals surface area contributed by atoms with E-state index in [9.17, 15) is 18.8 Å². The molecule has 2 heterocycles. The van der Waals surface area contributed by atoms with Crippen LogP contribution in [-0.2, 0) is 4.79 Å². The predicted molar refractivity (Wildman–Crippen MR) is 119 cm³/mol. The van der Waals surface area contributed by atoms with E-state index < -0.39 is 22.9 Å². The minimum Gasteiger partial charge on any atom is -0.497 e. The van der Waals surface area contributed by atoms with Gasteiger partial charge in [-0.05, 0) is 49.0 Å². The smallest absolute Gasteiger partial charge is 0.293 e. The summed E-state index contributed by atoms with van der Waals surface area (Å²) in [6, 6.07) is 11.2. The zero-order valence-corrected chi connectivity index (χ0v) is 18.1. The molecule has 0 atom stereocenters. The molecule has 164 valence electrons. The van der Waals surface area contributed by atoms with Crippen LogP contribution in [0.15, 0.2) is 51.8 Å². The quantitative estimate of drug-likeness (QED) is 0.557. The number of benzene rings is 2. The molecule has 1 N–H and O–H groups in total. The number of aryl methyl sites for hydroxylation is 1. The first-order valence-electron chi connectivity index (χ1n) is 9.74. The van der Waals surface area contributed by atoms with E-state index in [0.717, 1.165) is 22.0 Å². The maximum atomic E-state index is 13.8. The molecule has 0 bridgehead atoms. The molecule has 9 heteroatoms. The van der Waals surface area contributed by atoms with Gasteiger partial charge in [0.2, 0.25) is 0 Å². The van der Waals surface area contributed by atoms with Gasteiger partial charge in [0.1, 0.15) is 17.1 Å². The van der Waals surface area contributed by atoms with Gasteiger partial charge in [-0.15, -0.1) is 0 Å². The van der Waals surface area contributed by atoms with Gasteiger partial charge in [0.15, 0.2) is 5.76 Å². The third-order valence-corrected chi connectivity index (χ3v) is 5.94. The van der Waals surface area contributed by atoms with E-state index in [1.54, 1.807) is 44.4 Å². The summed E-state index contributed by atoms with van der Waals surface area (Å²) >= 11 is 0.738. The van der Waals surface area contributed by atoms with Crippen LogP contribution in [0, 0.1) is 12.7 Å². The van der Waals surface area contributed by atoms with Crippen molar-refractivity contribution < 1.29 is 27.9 Å². The Hall–Kier alpha value is -3.59.